The van der Waals surface area contributed by atoms with E-state index in [0.717, 1.165) is 47.2 Å². The maximum absolute atomic E-state index is 12.9. The minimum absolute atomic E-state index is 0.0339. The van der Waals surface area contributed by atoms with E-state index in [1.807, 2.05) is 35.9 Å². The van der Waals surface area contributed by atoms with Crippen LogP contribution in [-0.2, 0) is 19.6 Å². The van der Waals surface area contributed by atoms with Crippen molar-refractivity contribution in [3.05, 3.63) is 74.0 Å². The van der Waals surface area contributed by atoms with Crippen LogP contribution in [0.5, 0.6) is 0 Å². The van der Waals surface area contributed by atoms with Crippen molar-refractivity contribution in [3.8, 4) is 0 Å². The van der Waals surface area contributed by atoms with Gasteiger partial charge in [-0.2, -0.15) is 0 Å². The molecule has 0 atom stereocenters. The van der Waals surface area contributed by atoms with Gasteiger partial charge in [0.25, 0.3) is 5.56 Å². The molecule has 0 aliphatic heterocycles. The summed E-state index contributed by atoms with van der Waals surface area (Å²) in [4.78, 5) is 19.5. The van der Waals surface area contributed by atoms with Gasteiger partial charge in [0, 0.05) is 23.5 Å². The van der Waals surface area contributed by atoms with Crippen molar-refractivity contribution in [2.45, 2.75) is 58.3 Å². The Morgan fingerprint density at radius 2 is 2.03 bits per heavy atom. The Balaban J connectivity index is 1.45. The van der Waals surface area contributed by atoms with E-state index in [9.17, 15) is 4.79 Å². The first-order chi connectivity index (χ1) is 15.2. The minimum atomic E-state index is -0.0339. The summed E-state index contributed by atoms with van der Waals surface area (Å²) < 4.78 is 2.00. The molecule has 31 heavy (non-hydrogen) atoms. The number of hydrogen-bond acceptors (Lipinski definition) is 6. The molecule has 7 nitrogen and oxygen atoms in total. The van der Waals surface area contributed by atoms with Gasteiger partial charge < -0.3 is 4.98 Å². The average Bonchev–Trinajstić information content (AvgIpc) is 3.52. The second-order valence-corrected chi connectivity index (χ2v) is 9.40. The minimum Gasteiger partial charge on any atom is -0.321 e. The van der Waals surface area contributed by atoms with Gasteiger partial charge in [-0.25, -0.2) is 4.68 Å². The second-order valence-electron chi connectivity index (χ2n) is 8.37. The molecule has 8 heteroatoms. The van der Waals surface area contributed by atoms with Gasteiger partial charge in [-0.05, 0) is 58.7 Å². The van der Waals surface area contributed by atoms with Gasteiger partial charge >= 0.3 is 0 Å². The highest BCUT2D eigenvalue weighted by atomic mass is 32.1. The number of rotatable bonds is 7. The van der Waals surface area contributed by atoms with Crippen molar-refractivity contribution in [1.82, 2.24) is 30.1 Å². The number of hydrogen-bond donors (Lipinski definition) is 1. The topological polar surface area (TPSA) is 79.7 Å². The van der Waals surface area contributed by atoms with E-state index < -0.39 is 0 Å². The van der Waals surface area contributed by atoms with E-state index in [-0.39, 0.29) is 5.56 Å². The molecule has 0 saturated heterocycles. The van der Waals surface area contributed by atoms with Crippen LogP contribution in [0.4, 0.5) is 0 Å². The lowest BCUT2D eigenvalue weighted by atomic mass is 10.1. The SMILES string of the molecule is Cc1cccc2cc(CN(Cc3cccs3)Cc3nnnn3C3CCCC3)c(=O)[nH]c12. The second kappa shape index (κ2) is 8.72. The number of tetrazole rings is 1. The molecule has 160 valence electrons. The predicted octanol–water partition coefficient (Wildman–Crippen LogP) is 4.20. The van der Waals surface area contributed by atoms with Crippen molar-refractivity contribution in [2.75, 3.05) is 0 Å². The number of aryl methyl sites for hydroxylation is 1. The molecule has 1 fully saturated rings. The molecule has 1 aliphatic carbocycles. The summed E-state index contributed by atoms with van der Waals surface area (Å²) in [5.41, 5.74) is 2.71. The molecule has 1 aliphatic rings. The Morgan fingerprint density at radius 1 is 1.16 bits per heavy atom. The first-order valence-electron chi connectivity index (χ1n) is 10.8. The monoisotopic (exact) mass is 434 g/mol. The first kappa shape index (κ1) is 20.1. The van der Waals surface area contributed by atoms with Gasteiger partial charge in [-0.15, -0.1) is 16.4 Å². The van der Waals surface area contributed by atoms with Gasteiger partial charge in [0.2, 0.25) is 0 Å². The van der Waals surface area contributed by atoms with E-state index in [1.165, 1.54) is 17.7 Å². The Morgan fingerprint density at radius 3 is 2.84 bits per heavy atom. The summed E-state index contributed by atoms with van der Waals surface area (Å²) in [5.74, 6) is 0.872. The fourth-order valence-electron chi connectivity index (χ4n) is 4.53. The number of aromatic nitrogens is 5. The van der Waals surface area contributed by atoms with Gasteiger partial charge in [-0.1, -0.05) is 37.1 Å². The first-order valence-corrected chi connectivity index (χ1v) is 11.7. The lowest BCUT2D eigenvalue weighted by molar-refractivity contribution is 0.234. The van der Waals surface area contributed by atoms with Gasteiger partial charge in [0.05, 0.1) is 18.1 Å². The highest BCUT2D eigenvalue weighted by Gasteiger charge is 2.23. The Kier molecular flexibility index (Phi) is 5.65. The molecule has 4 aromatic rings. The lowest BCUT2D eigenvalue weighted by Crippen LogP contribution is -2.28. The van der Waals surface area contributed by atoms with Crippen molar-refractivity contribution in [3.63, 3.8) is 0 Å². The normalized spacial score (nSPS) is 14.8. The molecular formula is C23H26N6OS. The van der Waals surface area contributed by atoms with E-state index in [4.69, 9.17) is 0 Å². The van der Waals surface area contributed by atoms with Crippen LogP contribution in [0, 0.1) is 6.92 Å². The molecule has 1 aromatic carbocycles. The zero-order chi connectivity index (χ0) is 21.2. The molecule has 1 saturated carbocycles. The zero-order valence-electron chi connectivity index (χ0n) is 17.6. The average molecular weight is 435 g/mol. The quantitative estimate of drug-likeness (QED) is 0.471. The zero-order valence-corrected chi connectivity index (χ0v) is 18.4. The number of nitrogens with one attached hydrogen (secondary N) is 1. The maximum atomic E-state index is 12.9. The summed E-state index contributed by atoms with van der Waals surface area (Å²) in [6.07, 6.45) is 4.73. The summed E-state index contributed by atoms with van der Waals surface area (Å²) in [5, 5.41) is 15.7. The highest BCUT2D eigenvalue weighted by molar-refractivity contribution is 7.09. The fourth-order valence-corrected chi connectivity index (χ4v) is 5.27. The number of benzene rings is 1. The third-order valence-corrected chi connectivity index (χ3v) is 6.98. The van der Waals surface area contributed by atoms with Crippen molar-refractivity contribution in [1.29, 1.82) is 0 Å². The summed E-state index contributed by atoms with van der Waals surface area (Å²) in [6.45, 7) is 3.91. The van der Waals surface area contributed by atoms with Crippen LogP contribution < -0.4 is 5.56 Å². The van der Waals surface area contributed by atoms with E-state index >= 15 is 0 Å². The van der Waals surface area contributed by atoms with Crippen LogP contribution in [0.25, 0.3) is 10.9 Å². The molecule has 1 N–H and O–H groups in total. The van der Waals surface area contributed by atoms with E-state index in [1.54, 1.807) is 11.3 Å². The van der Waals surface area contributed by atoms with Crippen molar-refractivity contribution >= 4 is 22.2 Å². The van der Waals surface area contributed by atoms with Gasteiger partial charge in [0.15, 0.2) is 5.82 Å². The number of H-pyrrole nitrogens is 1. The standard InChI is InChI=1S/C23H26N6OS/c1-16-6-4-7-17-12-18(23(30)24-22(16)17)13-28(14-20-10-5-11-31-20)15-21-25-26-27-29(21)19-8-2-3-9-19/h4-7,10-12,19H,2-3,8-9,13-15H2,1H3,(H,24,30). The van der Waals surface area contributed by atoms with Crippen molar-refractivity contribution < 1.29 is 0 Å². The Bertz CT molecular complexity index is 1220. The number of fused-ring (bicyclic) bond motifs is 1. The number of aromatic amines is 1. The number of pyridine rings is 1. The van der Waals surface area contributed by atoms with Crippen LogP contribution in [0.15, 0.2) is 46.6 Å². The maximum Gasteiger partial charge on any atom is 0.252 e. The summed E-state index contributed by atoms with van der Waals surface area (Å²) >= 11 is 1.73. The highest BCUT2D eigenvalue weighted by Crippen LogP contribution is 2.29. The molecule has 0 radical (unpaired) electrons. The molecule has 0 bridgehead atoms. The van der Waals surface area contributed by atoms with Gasteiger partial charge in [-0.3, -0.25) is 9.69 Å². The van der Waals surface area contributed by atoms with Crippen LogP contribution in [-0.4, -0.2) is 30.1 Å². The fraction of sp³-hybridized carbons (Fsp3) is 0.391. The van der Waals surface area contributed by atoms with Crippen molar-refractivity contribution in [2.24, 2.45) is 0 Å². The van der Waals surface area contributed by atoms with Gasteiger partial charge in [0.1, 0.15) is 0 Å². The smallest absolute Gasteiger partial charge is 0.252 e. The lowest BCUT2D eigenvalue weighted by Gasteiger charge is -2.22. The van der Waals surface area contributed by atoms with Crippen LogP contribution in [0.1, 0.15) is 53.6 Å². The molecule has 0 unspecified atom stereocenters. The molecule has 3 heterocycles. The molecular weight excluding hydrogens is 408 g/mol. The Labute approximate surface area is 184 Å². The van der Waals surface area contributed by atoms with Crippen LogP contribution in [0.2, 0.25) is 0 Å². The molecule has 0 spiro atoms. The summed E-state index contributed by atoms with van der Waals surface area (Å²) in [7, 11) is 0. The van der Waals surface area contributed by atoms with E-state index in [2.05, 4.69) is 42.9 Å². The third kappa shape index (κ3) is 4.31. The molecule has 0 amide bonds. The van der Waals surface area contributed by atoms with E-state index in [0.29, 0.717) is 19.1 Å². The largest absolute Gasteiger partial charge is 0.321 e. The van der Waals surface area contributed by atoms with Crippen LogP contribution >= 0.6 is 11.3 Å². The number of nitrogens with zero attached hydrogens (tertiary/aromatic N) is 5. The van der Waals surface area contributed by atoms with Crippen LogP contribution in [0.3, 0.4) is 0 Å². The Hall–Kier alpha value is -2.84. The third-order valence-electron chi connectivity index (χ3n) is 6.11. The molecule has 3 aromatic heterocycles. The molecule has 5 rings (SSSR count). The summed E-state index contributed by atoms with van der Waals surface area (Å²) in [6, 6.07) is 12.7. The predicted molar refractivity (Wildman–Crippen MR) is 122 cm³/mol. The number of thiophene rings is 1. The number of para-hydroxylation sites is 1.